The molecule has 0 amide bonds. The minimum Gasteiger partial charge on any atom is -0.295 e. The molecule has 0 bridgehead atoms. The molecule has 1 aromatic rings. The van der Waals surface area contributed by atoms with Crippen molar-refractivity contribution in [3.63, 3.8) is 0 Å². The first-order valence-electron chi connectivity index (χ1n) is 3.75. The van der Waals surface area contributed by atoms with Gasteiger partial charge in [0.15, 0.2) is 5.78 Å². The maximum absolute atomic E-state index is 12.0. The van der Waals surface area contributed by atoms with Gasteiger partial charge in [0.25, 0.3) is 0 Å². The van der Waals surface area contributed by atoms with Crippen molar-refractivity contribution in [2.24, 2.45) is 0 Å². The molecule has 1 aromatic carbocycles. The second kappa shape index (κ2) is 4.04. The molecule has 14 heavy (non-hydrogen) atoms. The lowest BCUT2D eigenvalue weighted by molar-refractivity contribution is -0.0328. The summed E-state index contributed by atoms with van der Waals surface area (Å²) in [6.07, 6.45) is 0. The second-order valence-corrected chi connectivity index (χ2v) is 3.77. The Labute approximate surface area is 83.3 Å². The van der Waals surface area contributed by atoms with E-state index in [-0.39, 0.29) is 22.4 Å². The predicted octanol–water partition coefficient (Wildman–Crippen LogP) is 3.50. The molecule has 0 radical (unpaired) electrons. The van der Waals surface area contributed by atoms with Crippen molar-refractivity contribution >= 4 is 17.5 Å². The van der Waals surface area contributed by atoms with Crippen LogP contribution in [0.5, 0.6) is 0 Å². The Morgan fingerprint density at radius 1 is 1.36 bits per heavy atom. The van der Waals surface area contributed by atoms with Crippen molar-refractivity contribution in [1.29, 1.82) is 0 Å². The summed E-state index contributed by atoms with van der Waals surface area (Å²) < 4.78 is 35.9. The van der Waals surface area contributed by atoms with E-state index in [4.69, 9.17) is 0 Å². The highest BCUT2D eigenvalue weighted by atomic mass is 32.2. The number of carbonyl (C=O) groups is 1. The van der Waals surface area contributed by atoms with E-state index in [1.165, 1.54) is 31.2 Å². The van der Waals surface area contributed by atoms with Gasteiger partial charge in [-0.05, 0) is 30.8 Å². The molecular formula is C9H7F3OS. The van der Waals surface area contributed by atoms with Crippen LogP contribution in [-0.4, -0.2) is 11.3 Å². The molecule has 0 unspecified atom stereocenters. The van der Waals surface area contributed by atoms with E-state index in [1.54, 1.807) is 0 Å². The average molecular weight is 220 g/mol. The number of rotatable bonds is 2. The summed E-state index contributed by atoms with van der Waals surface area (Å²) in [5.41, 5.74) is -4.02. The summed E-state index contributed by atoms with van der Waals surface area (Å²) in [4.78, 5) is 10.9. The third-order valence-electron chi connectivity index (χ3n) is 1.47. The summed E-state index contributed by atoms with van der Waals surface area (Å²) >= 11 is -0.220. The van der Waals surface area contributed by atoms with Gasteiger partial charge in [-0.1, -0.05) is 12.1 Å². The summed E-state index contributed by atoms with van der Waals surface area (Å²) in [6, 6.07) is 5.48. The van der Waals surface area contributed by atoms with E-state index in [0.717, 1.165) is 0 Å². The lowest BCUT2D eigenvalue weighted by Gasteiger charge is -2.05. The molecule has 0 atom stereocenters. The zero-order chi connectivity index (χ0) is 10.8. The van der Waals surface area contributed by atoms with Gasteiger partial charge in [0.1, 0.15) is 0 Å². The largest absolute Gasteiger partial charge is 0.446 e. The summed E-state index contributed by atoms with van der Waals surface area (Å²) in [5, 5.41) is 0. The third kappa shape index (κ3) is 3.41. The lowest BCUT2D eigenvalue weighted by Crippen LogP contribution is -2.00. The third-order valence-corrected chi connectivity index (χ3v) is 2.20. The van der Waals surface area contributed by atoms with Crippen LogP contribution >= 0.6 is 11.8 Å². The Bertz CT molecular complexity index is 346. The summed E-state index contributed by atoms with van der Waals surface area (Å²) in [6.45, 7) is 1.32. The monoisotopic (exact) mass is 220 g/mol. The molecule has 1 rings (SSSR count). The zero-order valence-electron chi connectivity index (χ0n) is 7.26. The Kier molecular flexibility index (Phi) is 3.21. The van der Waals surface area contributed by atoms with E-state index in [9.17, 15) is 18.0 Å². The number of Topliss-reactive ketones (excluding diaryl/α,β-unsaturated/α-hetero) is 1. The molecule has 0 aliphatic heterocycles. The van der Waals surface area contributed by atoms with Crippen LogP contribution in [0.3, 0.4) is 0 Å². The van der Waals surface area contributed by atoms with E-state index in [1.807, 2.05) is 0 Å². The van der Waals surface area contributed by atoms with Crippen LogP contribution in [0, 0.1) is 0 Å². The number of thioether (sulfide) groups is 1. The lowest BCUT2D eigenvalue weighted by atomic mass is 10.2. The van der Waals surface area contributed by atoms with E-state index in [0.29, 0.717) is 5.56 Å². The van der Waals surface area contributed by atoms with Gasteiger partial charge in [-0.3, -0.25) is 4.79 Å². The Hall–Kier alpha value is -0.970. The fourth-order valence-corrected chi connectivity index (χ4v) is 1.51. The highest BCUT2D eigenvalue weighted by molar-refractivity contribution is 8.00. The molecule has 0 saturated heterocycles. The van der Waals surface area contributed by atoms with Gasteiger partial charge in [0, 0.05) is 10.5 Å². The highest BCUT2D eigenvalue weighted by Crippen LogP contribution is 2.36. The van der Waals surface area contributed by atoms with Crippen molar-refractivity contribution in [3.8, 4) is 0 Å². The number of alkyl halides is 3. The van der Waals surface area contributed by atoms with Crippen molar-refractivity contribution in [2.45, 2.75) is 17.3 Å². The number of carbonyl (C=O) groups excluding carboxylic acids is 1. The standard InChI is InChI=1S/C9H7F3OS/c1-6(13)7-3-2-4-8(5-7)14-9(10,11)12/h2-5H,1H3. The number of halogens is 3. The van der Waals surface area contributed by atoms with Crippen molar-refractivity contribution < 1.29 is 18.0 Å². The van der Waals surface area contributed by atoms with Crippen LogP contribution in [0.15, 0.2) is 29.2 Å². The smallest absolute Gasteiger partial charge is 0.295 e. The van der Waals surface area contributed by atoms with Crippen LogP contribution in [0.4, 0.5) is 13.2 Å². The van der Waals surface area contributed by atoms with E-state index < -0.39 is 5.51 Å². The number of hydrogen-bond donors (Lipinski definition) is 0. The molecule has 5 heteroatoms. The number of ketones is 1. The van der Waals surface area contributed by atoms with Gasteiger partial charge in [-0.15, -0.1) is 0 Å². The zero-order valence-corrected chi connectivity index (χ0v) is 8.08. The van der Waals surface area contributed by atoms with E-state index >= 15 is 0 Å². The number of hydrogen-bond acceptors (Lipinski definition) is 2. The van der Waals surface area contributed by atoms with Crippen LogP contribution in [-0.2, 0) is 0 Å². The normalized spacial score (nSPS) is 11.4. The minimum atomic E-state index is -4.31. The molecule has 1 nitrogen and oxygen atoms in total. The Morgan fingerprint density at radius 3 is 2.50 bits per heavy atom. The molecule has 0 heterocycles. The molecule has 0 fully saturated rings. The van der Waals surface area contributed by atoms with Gasteiger partial charge in [-0.25, -0.2) is 0 Å². The Balaban J connectivity index is 2.89. The molecule has 0 saturated carbocycles. The molecule has 0 aliphatic carbocycles. The van der Waals surface area contributed by atoms with Gasteiger partial charge in [0.05, 0.1) is 0 Å². The molecule has 76 valence electrons. The van der Waals surface area contributed by atoms with E-state index in [2.05, 4.69) is 0 Å². The molecule has 0 aliphatic rings. The maximum atomic E-state index is 12.0. The van der Waals surface area contributed by atoms with Crippen molar-refractivity contribution in [1.82, 2.24) is 0 Å². The molecule has 0 aromatic heterocycles. The van der Waals surface area contributed by atoms with Crippen LogP contribution in [0.25, 0.3) is 0 Å². The van der Waals surface area contributed by atoms with Crippen LogP contribution < -0.4 is 0 Å². The summed E-state index contributed by atoms with van der Waals surface area (Å²) in [7, 11) is 0. The predicted molar refractivity (Wildman–Crippen MR) is 48.4 cm³/mol. The highest BCUT2D eigenvalue weighted by Gasteiger charge is 2.29. The second-order valence-electron chi connectivity index (χ2n) is 2.63. The van der Waals surface area contributed by atoms with Gasteiger partial charge < -0.3 is 0 Å². The average Bonchev–Trinajstić information content (AvgIpc) is 2.01. The molecule has 0 spiro atoms. The Morgan fingerprint density at radius 2 is 2.00 bits per heavy atom. The topological polar surface area (TPSA) is 17.1 Å². The van der Waals surface area contributed by atoms with Crippen LogP contribution in [0.2, 0.25) is 0 Å². The van der Waals surface area contributed by atoms with Gasteiger partial charge in [-0.2, -0.15) is 13.2 Å². The fraction of sp³-hybridized carbons (Fsp3) is 0.222. The first-order valence-corrected chi connectivity index (χ1v) is 4.57. The summed E-state index contributed by atoms with van der Waals surface area (Å²) in [5.74, 6) is -0.241. The molecular weight excluding hydrogens is 213 g/mol. The maximum Gasteiger partial charge on any atom is 0.446 e. The van der Waals surface area contributed by atoms with Crippen molar-refractivity contribution in [3.05, 3.63) is 29.8 Å². The fourth-order valence-electron chi connectivity index (χ4n) is 0.912. The van der Waals surface area contributed by atoms with Crippen molar-refractivity contribution in [2.75, 3.05) is 0 Å². The van der Waals surface area contributed by atoms with Gasteiger partial charge in [0.2, 0.25) is 0 Å². The number of benzene rings is 1. The first kappa shape index (κ1) is 11.1. The SMILES string of the molecule is CC(=O)c1cccc(SC(F)(F)F)c1. The quantitative estimate of drug-likeness (QED) is 0.560. The minimum absolute atomic E-state index is 0.0326. The van der Waals surface area contributed by atoms with Gasteiger partial charge >= 0.3 is 5.51 Å². The van der Waals surface area contributed by atoms with Crippen LogP contribution in [0.1, 0.15) is 17.3 Å². The first-order chi connectivity index (χ1) is 6.38. The molecule has 0 N–H and O–H groups in total.